The molecule has 0 bridgehead atoms. The predicted molar refractivity (Wildman–Crippen MR) is 70.0 cm³/mol. The zero-order valence-corrected chi connectivity index (χ0v) is 12.0. The van der Waals surface area contributed by atoms with Gasteiger partial charge in [-0.1, -0.05) is 19.3 Å². The second-order valence-electron chi connectivity index (χ2n) is 5.64. The topological polar surface area (TPSA) is 82.0 Å². The van der Waals surface area contributed by atoms with E-state index in [9.17, 15) is 22.8 Å². The molecule has 2 aliphatic rings. The summed E-state index contributed by atoms with van der Waals surface area (Å²) >= 11 is 0. The minimum absolute atomic E-state index is 0.186. The summed E-state index contributed by atoms with van der Waals surface area (Å²) in [7, 11) is 0. The van der Waals surface area contributed by atoms with Crippen molar-refractivity contribution in [3.63, 3.8) is 0 Å². The highest BCUT2D eigenvalue weighted by molar-refractivity contribution is 6.01. The van der Waals surface area contributed by atoms with Crippen LogP contribution in [0, 0.1) is 17.2 Å². The average molecular weight is 315 g/mol. The van der Waals surface area contributed by atoms with Crippen LogP contribution < -0.4 is 10.6 Å². The van der Waals surface area contributed by atoms with Crippen molar-refractivity contribution in [1.82, 2.24) is 10.6 Å². The summed E-state index contributed by atoms with van der Waals surface area (Å²) in [6, 6.07) is 1.41. The molecule has 2 rings (SSSR count). The first kappa shape index (κ1) is 16.3. The molecule has 2 amide bonds. The minimum atomic E-state index is -5.09. The van der Waals surface area contributed by atoms with Gasteiger partial charge in [-0.25, -0.2) is 0 Å². The van der Waals surface area contributed by atoms with Crippen LogP contribution in [0.4, 0.5) is 13.2 Å². The van der Waals surface area contributed by atoms with Crippen LogP contribution in [0.25, 0.3) is 0 Å². The molecule has 0 unspecified atom stereocenters. The van der Waals surface area contributed by atoms with Crippen molar-refractivity contribution in [2.45, 2.75) is 50.7 Å². The van der Waals surface area contributed by atoms with E-state index in [0.29, 0.717) is 12.8 Å². The Morgan fingerprint density at radius 2 is 1.95 bits per heavy atom. The van der Waals surface area contributed by atoms with Gasteiger partial charge in [0.2, 0.25) is 5.91 Å². The summed E-state index contributed by atoms with van der Waals surface area (Å²) in [5.41, 5.74) is -4.26. The summed E-state index contributed by atoms with van der Waals surface area (Å²) in [6.45, 7) is 1.21. The summed E-state index contributed by atoms with van der Waals surface area (Å²) in [5.74, 6) is -2.81. The van der Waals surface area contributed by atoms with Gasteiger partial charge in [-0.3, -0.25) is 9.59 Å². The third-order valence-electron chi connectivity index (χ3n) is 4.22. The number of hydrogen-bond acceptors (Lipinski definition) is 3. The lowest BCUT2D eigenvalue weighted by molar-refractivity contribution is -0.190. The van der Waals surface area contributed by atoms with Crippen LogP contribution in [-0.2, 0) is 9.59 Å². The van der Waals surface area contributed by atoms with Gasteiger partial charge in [0.25, 0.3) is 11.4 Å². The van der Waals surface area contributed by atoms with Crippen molar-refractivity contribution in [2.75, 3.05) is 0 Å². The first-order chi connectivity index (χ1) is 10.2. The van der Waals surface area contributed by atoms with Gasteiger partial charge in [0.15, 0.2) is 0 Å². The number of carbonyl (C=O) groups excluding carboxylic acids is 2. The Labute approximate surface area is 125 Å². The summed E-state index contributed by atoms with van der Waals surface area (Å²) < 4.78 is 40.6. The zero-order chi connectivity index (χ0) is 16.5. The molecule has 1 saturated carbocycles. The van der Waals surface area contributed by atoms with Crippen molar-refractivity contribution in [3.05, 3.63) is 11.3 Å². The fourth-order valence-corrected chi connectivity index (χ4v) is 3.00. The molecule has 1 heterocycles. The number of rotatable bonds is 2. The molecule has 2 N–H and O–H groups in total. The zero-order valence-electron chi connectivity index (χ0n) is 12.0. The van der Waals surface area contributed by atoms with Gasteiger partial charge in [0, 0.05) is 11.6 Å². The largest absolute Gasteiger partial charge is 0.425 e. The Bertz CT molecular complexity index is 571. The van der Waals surface area contributed by atoms with Crippen LogP contribution in [-0.4, -0.2) is 23.5 Å². The third-order valence-corrected chi connectivity index (χ3v) is 4.22. The molecule has 0 spiro atoms. The molecule has 120 valence electrons. The highest BCUT2D eigenvalue weighted by atomic mass is 19.4. The molecule has 0 radical (unpaired) electrons. The van der Waals surface area contributed by atoms with E-state index in [1.807, 2.05) is 10.6 Å². The van der Waals surface area contributed by atoms with E-state index >= 15 is 0 Å². The number of alkyl halides is 3. The molecule has 0 saturated heterocycles. The Morgan fingerprint density at radius 3 is 2.45 bits per heavy atom. The van der Waals surface area contributed by atoms with Crippen LogP contribution in [0.15, 0.2) is 11.3 Å². The lowest BCUT2D eigenvalue weighted by Crippen LogP contribution is -2.65. The minimum Gasteiger partial charge on any atom is -0.330 e. The fourth-order valence-electron chi connectivity index (χ4n) is 3.00. The van der Waals surface area contributed by atoms with Crippen LogP contribution in [0.3, 0.4) is 0 Å². The van der Waals surface area contributed by atoms with Gasteiger partial charge in [0.05, 0.1) is 11.6 Å². The molecule has 8 heteroatoms. The van der Waals surface area contributed by atoms with E-state index in [1.54, 1.807) is 0 Å². The van der Waals surface area contributed by atoms with E-state index in [-0.39, 0.29) is 5.70 Å². The van der Waals surface area contributed by atoms with Crippen LogP contribution in [0.1, 0.15) is 39.0 Å². The van der Waals surface area contributed by atoms with Crippen molar-refractivity contribution >= 4 is 11.8 Å². The third kappa shape index (κ3) is 2.45. The number of nitrogens with zero attached hydrogens (tertiary/aromatic N) is 1. The van der Waals surface area contributed by atoms with Crippen molar-refractivity contribution in [3.8, 4) is 6.07 Å². The van der Waals surface area contributed by atoms with Gasteiger partial charge in [-0.2, -0.15) is 18.4 Å². The number of halogens is 3. The number of amides is 2. The van der Waals surface area contributed by atoms with Gasteiger partial charge in [-0.15, -0.1) is 0 Å². The van der Waals surface area contributed by atoms with Crippen LogP contribution in [0.2, 0.25) is 0 Å². The van der Waals surface area contributed by atoms with E-state index in [4.69, 9.17) is 5.26 Å². The molecular formula is C14H16F3N3O2. The SMILES string of the molecule is CC1=C(C#N)[C@](NC(=O)C2CCCCC2)(C(F)(F)F)C(=O)N1. The molecule has 1 atom stereocenters. The average Bonchev–Trinajstić information content (AvgIpc) is 2.70. The first-order valence-corrected chi connectivity index (χ1v) is 7.05. The summed E-state index contributed by atoms with van der Waals surface area (Å²) in [4.78, 5) is 24.1. The molecule has 0 aromatic carbocycles. The highest BCUT2D eigenvalue weighted by Crippen LogP contribution is 2.41. The highest BCUT2D eigenvalue weighted by Gasteiger charge is 2.67. The van der Waals surface area contributed by atoms with Crippen LogP contribution >= 0.6 is 0 Å². The molecule has 1 aliphatic heterocycles. The Kier molecular flexibility index (Phi) is 4.18. The fraction of sp³-hybridized carbons (Fsp3) is 0.643. The van der Waals surface area contributed by atoms with Crippen LogP contribution in [0.5, 0.6) is 0 Å². The maximum absolute atomic E-state index is 13.5. The van der Waals surface area contributed by atoms with Gasteiger partial charge >= 0.3 is 6.18 Å². The Balaban J connectivity index is 2.38. The maximum Gasteiger partial charge on any atom is 0.425 e. The molecular weight excluding hydrogens is 299 g/mol. The van der Waals surface area contributed by atoms with Gasteiger partial charge in [-0.05, 0) is 19.8 Å². The second kappa shape index (κ2) is 5.63. The smallest absolute Gasteiger partial charge is 0.330 e. The lowest BCUT2D eigenvalue weighted by atomic mass is 9.85. The number of carbonyl (C=O) groups is 2. The molecule has 1 aliphatic carbocycles. The normalized spacial score (nSPS) is 26.6. The quantitative estimate of drug-likeness (QED) is 0.816. The standard InChI is InChI=1S/C14H16F3N3O2/c1-8-10(7-18)13(12(22)19-8,14(15,16)17)20-11(21)9-5-3-2-4-6-9/h9H,2-6H2,1H3,(H,19,22)(H,20,21)/t13-/m1/s1. The number of nitrogens with one attached hydrogen (secondary N) is 2. The van der Waals surface area contributed by atoms with Crippen molar-refractivity contribution in [1.29, 1.82) is 5.26 Å². The number of allylic oxidation sites excluding steroid dienone is 1. The second-order valence-corrected chi connectivity index (χ2v) is 5.64. The maximum atomic E-state index is 13.5. The van der Waals surface area contributed by atoms with Crippen molar-refractivity contribution in [2.24, 2.45) is 5.92 Å². The van der Waals surface area contributed by atoms with Crippen molar-refractivity contribution < 1.29 is 22.8 Å². The van der Waals surface area contributed by atoms with E-state index in [0.717, 1.165) is 19.3 Å². The van der Waals surface area contributed by atoms with Gasteiger partial charge in [0.1, 0.15) is 0 Å². The van der Waals surface area contributed by atoms with E-state index < -0.39 is 35.0 Å². The van der Waals surface area contributed by atoms with E-state index in [2.05, 4.69) is 0 Å². The molecule has 1 fully saturated rings. The number of hydrogen-bond donors (Lipinski definition) is 2. The monoisotopic (exact) mass is 315 g/mol. The molecule has 0 aromatic rings. The summed E-state index contributed by atoms with van der Waals surface area (Å²) in [6.07, 6.45) is -1.63. The number of nitriles is 1. The predicted octanol–water partition coefficient (Wildman–Crippen LogP) is 1.91. The Morgan fingerprint density at radius 1 is 1.36 bits per heavy atom. The molecule has 22 heavy (non-hydrogen) atoms. The summed E-state index contributed by atoms with van der Waals surface area (Å²) in [5, 5.41) is 12.9. The van der Waals surface area contributed by atoms with Gasteiger partial charge < -0.3 is 10.6 Å². The van der Waals surface area contributed by atoms with E-state index in [1.165, 1.54) is 13.0 Å². The molecule has 0 aromatic heterocycles. The Hall–Kier alpha value is -2.04. The molecule has 5 nitrogen and oxygen atoms in total. The first-order valence-electron chi connectivity index (χ1n) is 7.05. The lowest BCUT2D eigenvalue weighted by Gasteiger charge is -2.32.